The Hall–Kier alpha value is -4.56. The zero-order valence-corrected chi connectivity index (χ0v) is 24.3. The van der Waals surface area contributed by atoms with Crippen LogP contribution in [0.2, 0.25) is 5.02 Å². The highest BCUT2D eigenvalue weighted by Crippen LogP contribution is 2.40. The van der Waals surface area contributed by atoms with Gasteiger partial charge in [-0.05, 0) is 42.8 Å². The minimum absolute atomic E-state index is 0.0422. The van der Waals surface area contributed by atoms with Gasteiger partial charge in [-0.3, -0.25) is 24.2 Å². The van der Waals surface area contributed by atoms with Crippen LogP contribution in [0.3, 0.4) is 0 Å². The van der Waals surface area contributed by atoms with Crippen LogP contribution in [-0.2, 0) is 14.4 Å². The lowest BCUT2D eigenvalue weighted by Crippen LogP contribution is -2.56. The molecule has 43 heavy (non-hydrogen) atoms. The van der Waals surface area contributed by atoms with Gasteiger partial charge in [0.15, 0.2) is 0 Å². The van der Waals surface area contributed by atoms with Gasteiger partial charge >= 0.3 is 0 Å². The Labute approximate surface area is 252 Å². The number of alkyl halides is 2. The molecule has 3 amide bonds. The van der Waals surface area contributed by atoms with Gasteiger partial charge in [-0.15, -0.1) is 0 Å². The Morgan fingerprint density at radius 1 is 1.12 bits per heavy atom. The number of nitrogens with one attached hydrogen (secondary N) is 1. The minimum Gasteiger partial charge on any atom is -0.378 e. The second-order valence-electron chi connectivity index (χ2n) is 10.8. The zero-order chi connectivity index (χ0) is 30.9. The van der Waals surface area contributed by atoms with Gasteiger partial charge in [0, 0.05) is 67.6 Å². The van der Waals surface area contributed by atoms with E-state index in [9.17, 15) is 28.4 Å². The van der Waals surface area contributed by atoms with E-state index in [2.05, 4.69) is 10.3 Å². The maximum atomic E-state index is 14.7. The van der Waals surface area contributed by atoms with Gasteiger partial charge in [-0.1, -0.05) is 35.9 Å². The van der Waals surface area contributed by atoms with Crippen molar-refractivity contribution >= 4 is 46.5 Å². The molecule has 1 saturated carbocycles. The quantitative estimate of drug-likeness (QED) is 0.392. The molecule has 2 atom stereocenters. The van der Waals surface area contributed by atoms with Crippen molar-refractivity contribution in [2.24, 2.45) is 0 Å². The molecule has 2 aliphatic rings. The first-order valence-corrected chi connectivity index (χ1v) is 14.1. The molecular formula is C31H29ClF2N6O3. The van der Waals surface area contributed by atoms with E-state index in [1.54, 1.807) is 42.5 Å². The highest BCUT2D eigenvalue weighted by Gasteiger charge is 2.48. The summed E-state index contributed by atoms with van der Waals surface area (Å²) in [5.74, 6) is -4.37. The lowest BCUT2D eigenvalue weighted by Gasteiger charge is -2.39. The fraction of sp³-hybridized carbons (Fsp3) is 0.323. The molecule has 1 unspecified atom stereocenters. The maximum absolute atomic E-state index is 14.7. The van der Waals surface area contributed by atoms with Crippen LogP contribution in [0, 0.1) is 11.3 Å². The Balaban J connectivity index is 1.63. The average Bonchev–Trinajstić information content (AvgIpc) is 3.36. The van der Waals surface area contributed by atoms with Gasteiger partial charge in [0.1, 0.15) is 17.9 Å². The van der Waals surface area contributed by atoms with Crippen molar-refractivity contribution < 1.29 is 23.2 Å². The van der Waals surface area contributed by atoms with E-state index in [1.807, 2.05) is 31.1 Å². The van der Waals surface area contributed by atoms with Crippen LogP contribution < -0.4 is 20.0 Å². The van der Waals surface area contributed by atoms with Crippen LogP contribution in [0.25, 0.3) is 0 Å². The minimum atomic E-state index is -2.87. The van der Waals surface area contributed by atoms with Gasteiger partial charge in [0.2, 0.25) is 11.8 Å². The molecule has 1 saturated heterocycles. The predicted octanol–water partition coefficient (Wildman–Crippen LogP) is 4.86. The van der Waals surface area contributed by atoms with Gasteiger partial charge in [0.05, 0.1) is 11.6 Å². The third-order valence-electron chi connectivity index (χ3n) is 7.62. The SMILES string of the molecule is CN(C)c1cccc(N(C(=O)[C@@H]2CCC(=O)N2c2cc(C#N)ccn2)C(C(=O)NC2CC(F)(F)C2)c2ccccc2Cl)c1. The number of aromatic nitrogens is 1. The Morgan fingerprint density at radius 3 is 2.51 bits per heavy atom. The van der Waals surface area contributed by atoms with Crippen LogP contribution in [0.1, 0.15) is 42.9 Å². The summed E-state index contributed by atoms with van der Waals surface area (Å²) in [7, 11) is 3.65. The van der Waals surface area contributed by atoms with E-state index in [-0.39, 0.29) is 40.7 Å². The predicted molar refractivity (Wildman–Crippen MR) is 158 cm³/mol. The second-order valence-corrected chi connectivity index (χ2v) is 11.3. The number of benzene rings is 2. The summed E-state index contributed by atoms with van der Waals surface area (Å²) < 4.78 is 27.4. The first kappa shape index (κ1) is 29.9. The van der Waals surface area contributed by atoms with Crippen molar-refractivity contribution in [1.29, 1.82) is 5.26 Å². The van der Waals surface area contributed by atoms with Crippen LogP contribution in [-0.4, -0.2) is 54.8 Å². The van der Waals surface area contributed by atoms with Crippen molar-refractivity contribution in [2.75, 3.05) is 28.8 Å². The third kappa shape index (κ3) is 6.15. The lowest BCUT2D eigenvalue weighted by molar-refractivity contribution is -0.133. The van der Waals surface area contributed by atoms with Crippen molar-refractivity contribution in [2.45, 2.75) is 49.7 Å². The topological polar surface area (TPSA) is 110 Å². The number of rotatable bonds is 8. The van der Waals surface area contributed by atoms with E-state index in [0.29, 0.717) is 5.69 Å². The standard InChI is InChI=1S/C31H29ClF2N6O3/c1-38(2)21-6-5-7-22(15-21)39(30(43)25-10-11-27(41)40(25)26-14-19(18-35)12-13-36-26)28(23-8-3-4-9-24(23)32)29(42)37-20-16-31(33,34)17-20/h3-9,12-15,20,25,28H,10-11,16-17H2,1-2H3,(H,37,42)/t25-,28?/m0/s1. The summed E-state index contributed by atoms with van der Waals surface area (Å²) in [5, 5.41) is 12.3. The lowest BCUT2D eigenvalue weighted by atomic mass is 9.87. The smallest absolute Gasteiger partial charge is 0.252 e. The number of amides is 3. The summed E-state index contributed by atoms with van der Waals surface area (Å²) >= 11 is 6.60. The van der Waals surface area contributed by atoms with E-state index in [4.69, 9.17) is 11.6 Å². The molecule has 2 aromatic carbocycles. The Kier molecular flexibility index (Phi) is 8.33. The molecule has 9 nitrogen and oxygen atoms in total. The van der Waals surface area contributed by atoms with Crippen molar-refractivity contribution in [3.63, 3.8) is 0 Å². The van der Waals surface area contributed by atoms with Crippen molar-refractivity contribution in [3.05, 3.63) is 83.0 Å². The number of hydrogen-bond acceptors (Lipinski definition) is 6. The largest absolute Gasteiger partial charge is 0.378 e. The first-order chi connectivity index (χ1) is 20.5. The number of anilines is 3. The molecule has 2 heterocycles. The summed E-state index contributed by atoms with van der Waals surface area (Å²) in [5.41, 5.74) is 1.62. The molecular weight excluding hydrogens is 578 g/mol. The molecule has 222 valence electrons. The summed E-state index contributed by atoms with van der Waals surface area (Å²) in [6.07, 6.45) is 0.535. The molecule has 12 heteroatoms. The van der Waals surface area contributed by atoms with E-state index >= 15 is 0 Å². The Morgan fingerprint density at radius 2 is 1.84 bits per heavy atom. The Bertz CT molecular complexity index is 1600. The highest BCUT2D eigenvalue weighted by atomic mass is 35.5. The number of hydrogen-bond donors (Lipinski definition) is 1. The monoisotopic (exact) mass is 606 g/mol. The molecule has 1 N–H and O–H groups in total. The molecule has 0 radical (unpaired) electrons. The van der Waals surface area contributed by atoms with E-state index < -0.39 is 48.7 Å². The van der Waals surface area contributed by atoms with Gasteiger partial charge < -0.3 is 10.2 Å². The van der Waals surface area contributed by atoms with Crippen LogP contribution in [0.15, 0.2) is 66.9 Å². The molecule has 3 aromatic rings. The van der Waals surface area contributed by atoms with Gasteiger partial charge in [-0.2, -0.15) is 5.26 Å². The molecule has 0 spiro atoms. The fourth-order valence-corrected chi connectivity index (χ4v) is 5.69. The average molecular weight is 607 g/mol. The summed E-state index contributed by atoms with van der Waals surface area (Å²) in [4.78, 5) is 50.5. The van der Waals surface area contributed by atoms with Gasteiger partial charge in [-0.25, -0.2) is 13.8 Å². The number of nitriles is 1. The number of nitrogens with zero attached hydrogens (tertiary/aromatic N) is 5. The van der Waals surface area contributed by atoms with Gasteiger partial charge in [0.25, 0.3) is 11.8 Å². The van der Waals surface area contributed by atoms with Crippen molar-refractivity contribution in [1.82, 2.24) is 10.3 Å². The number of carbonyl (C=O) groups is 3. The first-order valence-electron chi connectivity index (χ1n) is 13.7. The molecule has 0 bridgehead atoms. The highest BCUT2D eigenvalue weighted by molar-refractivity contribution is 6.31. The summed E-state index contributed by atoms with van der Waals surface area (Å²) in [6.45, 7) is 0. The third-order valence-corrected chi connectivity index (χ3v) is 7.97. The molecule has 1 aromatic heterocycles. The molecule has 5 rings (SSSR count). The van der Waals surface area contributed by atoms with Crippen LogP contribution in [0.4, 0.5) is 26.0 Å². The molecule has 1 aliphatic carbocycles. The number of halogens is 3. The number of pyridine rings is 1. The molecule has 1 aliphatic heterocycles. The normalized spacial score (nSPS) is 18.4. The summed E-state index contributed by atoms with van der Waals surface area (Å²) in [6, 6.07) is 15.2. The fourth-order valence-electron chi connectivity index (χ4n) is 5.45. The molecule has 2 fully saturated rings. The van der Waals surface area contributed by atoms with E-state index in [1.165, 1.54) is 28.1 Å². The van der Waals surface area contributed by atoms with E-state index in [0.717, 1.165) is 5.69 Å². The van der Waals surface area contributed by atoms with Crippen LogP contribution >= 0.6 is 11.6 Å². The second kappa shape index (κ2) is 12.0. The maximum Gasteiger partial charge on any atom is 0.252 e. The van der Waals surface area contributed by atoms with Crippen molar-refractivity contribution in [3.8, 4) is 6.07 Å². The van der Waals surface area contributed by atoms with Crippen LogP contribution in [0.5, 0.6) is 0 Å². The number of carbonyl (C=O) groups excluding carboxylic acids is 3. The zero-order valence-electron chi connectivity index (χ0n) is 23.5.